The van der Waals surface area contributed by atoms with E-state index in [0.717, 1.165) is 12.8 Å². The molecule has 0 aromatic carbocycles. The van der Waals surface area contributed by atoms with Crippen LogP contribution in [0.1, 0.15) is 39.0 Å². The molecule has 0 aromatic rings. The Balaban J connectivity index is 2.77. The lowest BCUT2D eigenvalue weighted by Gasteiger charge is -2.42. The smallest absolute Gasteiger partial charge is 0.267 e. The third kappa shape index (κ3) is 3.04. The molecule has 0 heterocycles. The second-order valence-corrected chi connectivity index (χ2v) is 5.30. The minimum absolute atomic E-state index is 0.173. The topological polar surface area (TPSA) is 37.4 Å². The Morgan fingerprint density at radius 2 is 1.81 bits per heavy atom. The van der Waals surface area contributed by atoms with E-state index in [0.29, 0.717) is 29.6 Å². The van der Waals surface area contributed by atoms with Crippen molar-refractivity contribution in [1.29, 1.82) is 0 Å². The Hall–Kier alpha value is -0.900. The van der Waals surface area contributed by atoms with Gasteiger partial charge in [-0.2, -0.15) is 5.01 Å². The van der Waals surface area contributed by atoms with Crippen LogP contribution in [0.2, 0.25) is 0 Å². The van der Waals surface area contributed by atoms with Gasteiger partial charge in [0.25, 0.3) is 5.91 Å². The Bertz CT molecular complexity index is 271. The van der Waals surface area contributed by atoms with Crippen molar-refractivity contribution in [3.8, 4) is 0 Å². The van der Waals surface area contributed by atoms with E-state index >= 15 is 0 Å². The number of amides is 1. The van der Waals surface area contributed by atoms with E-state index < -0.39 is 0 Å². The normalized spacial score (nSPS) is 18.6. The van der Waals surface area contributed by atoms with Crippen LogP contribution in [0.3, 0.4) is 0 Å². The molecule has 0 unspecified atom stereocenters. The van der Waals surface area contributed by atoms with Crippen molar-refractivity contribution < 1.29 is 14.2 Å². The van der Waals surface area contributed by atoms with Gasteiger partial charge in [-0.1, -0.05) is 6.92 Å². The van der Waals surface area contributed by atoms with Crippen molar-refractivity contribution in [2.45, 2.75) is 45.1 Å². The maximum absolute atomic E-state index is 12.0. The van der Waals surface area contributed by atoms with Gasteiger partial charge in [0, 0.05) is 19.3 Å². The first kappa shape index (κ1) is 13.2. The summed E-state index contributed by atoms with van der Waals surface area (Å²) in [5, 5.41) is 1.92. The molecule has 0 aromatic heterocycles. The maximum Gasteiger partial charge on any atom is 0.267 e. The molecular weight excluding hydrogens is 204 g/mol. The summed E-state index contributed by atoms with van der Waals surface area (Å²) in [4.78, 5) is 23.2. The predicted molar refractivity (Wildman–Crippen MR) is 62.4 cm³/mol. The lowest BCUT2D eigenvalue weighted by Crippen LogP contribution is -2.59. The van der Waals surface area contributed by atoms with Crippen LogP contribution in [0.25, 0.3) is 0 Å². The molecule has 1 amide bonds. The van der Waals surface area contributed by atoms with E-state index in [1.54, 1.807) is 0 Å². The number of quaternary nitrogens is 1. The molecule has 0 saturated heterocycles. The van der Waals surface area contributed by atoms with Gasteiger partial charge in [-0.15, -0.1) is 0 Å². The summed E-state index contributed by atoms with van der Waals surface area (Å²) in [7, 11) is 6.01. The van der Waals surface area contributed by atoms with Gasteiger partial charge in [0.15, 0.2) is 0 Å². The van der Waals surface area contributed by atoms with E-state index in [1.165, 1.54) is 0 Å². The standard InChI is InChI=1S/C12H23N2O2/c1-5-12(16)13(14(2,3)4)10-6-8-11(15)9-7-10/h10H,5-9H2,1-4H3/q+1. The van der Waals surface area contributed by atoms with Crippen LogP contribution in [0.5, 0.6) is 0 Å². The molecule has 1 aliphatic rings. The fourth-order valence-corrected chi connectivity index (χ4v) is 2.36. The van der Waals surface area contributed by atoms with Crippen molar-refractivity contribution in [3.63, 3.8) is 0 Å². The molecule has 92 valence electrons. The molecule has 0 atom stereocenters. The molecule has 0 spiro atoms. The summed E-state index contributed by atoms with van der Waals surface area (Å²) in [5.41, 5.74) is 0. The minimum atomic E-state index is 0.173. The highest BCUT2D eigenvalue weighted by Gasteiger charge is 2.35. The molecular formula is C12H23N2O2+. The first-order valence-electron chi connectivity index (χ1n) is 6.02. The largest absolute Gasteiger partial charge is 0.300 e. The number of carbonyl (C=O) groups is 2. The van der Waals surface area contributed by atoms with Crippen LogP contribution in [-0.4, -0.2) is 48.5 Å². The molecule has 4 nitrogen and oxygen atoms in total. The van der Waals surface area contributed by atoms with Crippen LogP contribution in [0.15, 0.2) is 0 Å². The third-order valence-electron chi connectivity index (χ3n) is 3.06. The maximum atomic E-state index is 12.0. The zero-order chi connectivity index (χ0) is 12.3. The second-order valence-electron chi connectivity index (χ2n) is 5.30. The van der Waals surface area contributed by atoms with Gasteiger partial charge in [0.1, 0.15) is 5.78 Å². The van der Waals surface area contributed by atoms with E-state index in [2.05, 4.69) is 0 Å². The number of carbonyl (C=O) groups excluding carboxylic acids is 2. The summed E-state index contributed by atoms with van der Waals surface area (Å²) >= 11 is 0. The summed E-state index contributed by atoms with van der Waals surface area (Å²) in [6, 6.07) is 0.227. The molecule has 4 heteroatoms. The molecule has 1 rings (SSSR count). The number of rotatable bonds is 3. The lowest BCUT2D eigenvalue weighted by atomic mass is 9.93. The Labute approximate surface area is 97.8 Å². The SMILES string of the molecule is CCC(=O)N(C1CCC(=O)CC1)[N+](C)(C)C. The summed E-state index contributed by atoms with van der Waals surface area (Å²) in [6.45, 7) is 1.89. The van der Waals surface area contributed by atoms with Crippen molar-refractivity contribution in [2.75, 3.05) is 21.1 Å². The van der Waals surface area contributed by atoms with Crippen molar-refractivity contribution in [3.05, 3.63) is 0 Å². The Morgan fingerprint density at radius 1 is 1.31 bits per heavy atom. The van der Waals surface area contributed by atoms with E-state index in [1.807, 2.05) is 33.1 Å². The number of hydrogen-bond donors (Lipinski definition) is 0. The van der Waals surface area contributed by atoms with Gasteiger partial charge in [0.05, 0.1) is 27.2 Å². The molecule has 0 N–H and O–H groups in total. The molecule has 1 saturated carbocycles. The third-order valence-corrected chi connectivity index (χ3v) is 3.06. The molecule has 1 fully saturated rings. The summed E-state index contributed by atoms with van der Waals surface area (Å²) in [6.07, 6.45) is 3.41. The van der Waals surface area contributed by atoms with Gasteiger partial charge < -0.3 is 0 Å². The fraction of sp³-hybridized carbons (Fsp3) is 0.833. The average molecular weight is 227 g/mol. The predicted octanol–water partition coefficient (Wildman–Crippen LogP) is 1.36. The van der Waals surface area contributed by atoms with Gasteiger partial charge in [-0.3, -0.25) is 9.59 Å². The first-order chi connectivity index (χ1) is 7.36. The monoisotopic (exact) mass is 227 g/mol. The van der Waals surface area contributed by atoms with Gasteiger partial charge in [-0.25, -0.2) is 4.59 Å². The average Bonchev–Trinajstić information content (AvgIpc) is 2.19. The van der Waals surface area contributed by atoms with E-state index in [4.69, 9.17) is 0 Å². The fourth-order valence-electron chi connectivity index (χ4n) is 2.36. The highest BCUT2D eigenvalue weighted by atomic mass is 16.2. The quantitative estimate of drug-likeness (QED) is 0.539. The van der Waals surface area contributed by atoms with E-state index in [9.17, 15) is 9.59 Å². The zero-order valence-corrected chi connectivity index (χ0v) is 10.8. The van der Waals surface area contributed by atoms with Gasteiger partial charge >= 0.3 is 0 Å². The van der Waals surface area contributed by atoms with Crippen LogP contribution >= 0.6 is 0 Å². The molecule has 0 bridgehead atoms. The number of hydrogen-bond acceptors (Lipinski definition) is 2. The van der Waals surface area contributed by atoms with Crippen molar-refractivity contribution in [2.24, 2.45) is 0 Å². The summed E-state index contributed by atoms with van der Waals surface area (Å²) in [5.74, 6) is 0.508. The van der Waals surface area contributed by atoms with Crippen LogP contribution in [0, 0.1) is 0 Å². The molecule has 1 aliphatic carbocycles. The minimum Gasteiger partial charge on any atom is -0.300 e. The van der Waals surface area contributed by atoms with Crippen LogP contribution in [-0.2, 0) is 9.59 Å². The molecule has 0 radical (unpaired) electrons. The zero-order valence-electron chi connectivity index (χ0n) is 10.8. The summed E-state index contributed by atoms with van der Waals surface area (Å²) < 4.78 is 0.519. The lowest BCUT2D eigenvalue weighted by molar-refractivity contribution is -0.978. The molecule has 16 heavy (non-hydrogen) atoms. The Kier molecular flexibility index (Phi) is 4.08. The van der Waals surface area contributed by atoms with Crippen molar-refractivity contribution in [1.82, 2.24) is 5.01 Å². The van der Waals surface area contributed by atoms with Crippen LogP contribution < -0.4 is 0 Å². The van der Waals surface area contributed by atoms with Gasteiger partial charge in [-0.05, 0) is 12.8 Å². The highest BCUT2D eigenvalue weighted by molar-refractivity contribution is 5.80. The second kappa shape index (κ2) is 4.95. The first-order valence-corrected chi connectivity index (χ1v) is 6.02. The van der Waals surface area contributed by atoms with Crippen LogP contribution in [0.4, 0.5) is 0 Å². The number of ketones is 1. The number of nitrogens with zero attached hydrogens (tertiary/aromatic N) is 2. The Morgan fingerprint density at radius 3 is 2.19 bits per heavy atom. The van der Waals surface area contributed by atoms with Gasteiger partial charge in [0.2, 0.25) is 0 Å². The van der Waals surface area contributed by atoms with Crippen molar-refractivity contribution >= 4 is 11.7 Å². The van der Waals surface area contributed by atoms with E-state index in [-0.39, 0.29) is 11.9 Å². The number of Topliss-reactive ketones (excluding diaryl/α,β-unsaturated/α-hetero) is 1. The highest BCUT2D eigenvalue weighted by Crippen LogP contribution is 2.23. The molecule has 0 aliphatic heterocycles.